The van der Waals surface area contributed by atoms with E-state index in [4.69, 9.17) is 19.4 Å². The molecule has 3 aromatic rings. The maximum Gasteiger partial charge on any atom is 0.340 e. The second-order valence-corrected chi connectivity index (χ2v) is 11.0. The zero-order valence-corrected chi connectivity index (χ0v) is 25.3. The molecular weight excluding hydrogens is 532 g/mol. The van der Waals surface area contributed by atoms with E-state index in [1.807, 2.05) is 38.1 Å². The average Bonchev–Trinajstić information content (AvgIpc) is 3.64. The molecule has 5 heterocycles. The lowest BCUT2D eigenvalue weighted by molar-refractivity contribution is -0.140. The number of H-pyrrole nitrogens is 2. The highest BCUT2D eigenvalue weighted by atomic mass is 16.5. The predicted molar refractivity (Wildman–Crippen MR) is 163 cm³/mol. The van der Waals surface area contributed by atoms with Gasteiger partial charge in [-0.2, -0.15) is 0 Å². The van der Waals surface area contributed by atoms with Gasteiger partial charge in [0.15, 0.2) is 0 Å². The van der Waals surface area contributed by atoms with Gasteiger partial charge in [-0.1, -0.05) is 13.8 Å². The number of allylic oxidation sites excluding steroid dienone is 2. The topological polar surface area (TPSA) is 130 Å². The highest BCUT2D eigenvalue weighted by Crippen LogP contribution is 2.41. The molecule has 0 fully saturated rings. The van der Waals surface area contributed by atoms with Gasteiger partial charge in [0.25, 0.3) is 0 Å². The number of hydrogen-bond donors (Lipinski definition) is 3. The number of aromatic amines is 2. The van der Waals surface area contributed by atoms with E-state index in [0.717, 1.165) is 73.6 Å². The quantitative estimate of drug-likeness (QED) is 0.293. The van der Waals surface area contributed by atoms with Crippen LogP contribution < -0.4 is 0 Å². The molecule has 9 heteroatoms. The van der Waals surface area contributed by atoms with E-state index in [-0.39, 0.29) is 30.8 Å². The third-order valence-electron chi connectivity index (χ3n) is 8.80. The van der Waals surface area contributed by atoms with E-state index >= 15 is 0 Å². The number of carbonyl (C=O) groups excluding carboxylic acids is 2. The summed E-state index contributed by atoms with van der Waals surface area (Å²) >= 11 is 0. The number of nitrogens with one attached hydrogen (secondary N) is 2. The van der Waals surface area contributed by atoms with Gasteiger partial charge in [0, 0.05) is 51.8 Å². The number of hydrogen-bond acceptors (Lipinski definition) is 7. The molecule has 0 spiro atoms. The summed E-state index contributed by atoms with van der Waals surface area (Å²) in [5, 5.41) is 10.3. The maximum absolute atomic E-state index is 13.0. The molecule has 0 aliphatic carbocycles. The fourth-order valence-corrected chi connectivity index (χ4v) is 6.18. The number of ether oxygens (including phenoxy) is 2. The molecule has 2 aliphatic heterocycles. The lowest BCUT2D eigenvalue weighted by Gasteiger charge is -2.15. The van der Waals surface area contributed by atoms with Crippen LogP contribution in [0.3, 0.4) is 0 Å². The Bertz CT molecular complexity index is 1780. The van der Waals surface area contributed by atoms with Crippen molar-refractivity contribution in [2.24, 2.45) is 0 Å². The molecule has 0 aromatic carbocycles. The van der Waals surface area contributed by atoms with Gasteiger partial charge in [-0.3, -0.25) is 9.78 Å². The van der Waals surface area contributed by atoms with Crippen molar-refractivity contribution in [3.8, 4) is 0 Å². The van der Waals surface area contributed by atoms with E-state index in [0.29, 0.717) is 17.5 Å². The first-order valence-corrected chi connectivity index (χ1v) is 14.3. The Morgan fingerprint density at radius 1 is 0.881 bits per heavy atom. The fourth-order valence-electron chi connectivity index (χ4n) is 6.18. The van der Waals surface area contributed by atoms with Crippen molar-refractivity contribution in [3.05, 3.63) is 69.3 Å². The second kappa shape index (κ2) is 11.6. The summed E-state index contributed by atoms with van der Waals surface area (Å²) < 4.78 is 10.1. The van der Waals surface area contributed by atoms with Crippen LogP contribution in [0.15, 0.2) is 24.3 Å². The summed E-state index contributed by atoms with van der Waals surface area (Å²) in [6.07, 6.45) is 1.57. The van der Waals surface area contributed by atoms with Gasteiger partial charge in [-0.15, -0.1) is 0 Å². The highest BCUT2D eigenvalue weighted by Gasteiger charge is 2.30. The summed E-state index contributed by atoms with van der Waals surface area (Å²) in [6.45, 7) is 10.0. The Kier molecular flexibility index (Phi) is 8.06. The third-order valence-corrected chi connectivity index (χ3v) is 8.80. The largest absolute Gasteiger partial charge is 0.469 e. The summed E-state index contributed by atoms with van der Waals surface area (Å²) in [5.41, 5.74) is 11.4. The second-order valence-electron chi connectivity index (χ2n) is 11.0. The molecule has 5 rings (SSSR count). The molecule has 220 valence electrons. The normalized spacial score (nSPS) is 16.6. The molecule has 2 aliphatic rings. The van der Waals surface area contributed by atoms with Crippen LogP contribution in [0.25, 0.3) is 33.2 Å². The summed E-state index contributed by atoms with van der Waals surface area (Å²) in [5.74, 6) is -0.819. The SMILES string of the molecule is CCC1=C(C)c2cc3[nH]c(cc4nc(cc5[nH]c(cc1n2)c(C)c5C(=O)OC)[C@@H](CCC(=O)OC)[C@@H]4C)c(C)c3CO. The number of aliphatic hydroxyl groups excluding tert-OH is 1. The van der Waals surface area contributed by atoms with Gasteiger partial charge >= 0.3 is 11.9 Å². The van der Waals surface area contributed by atoms with Crippen LogP contribution >= 0.6 is 0 Å². The third kappa shape index (κ3) is 5.02. The monoisotopic (exact) mass is 570 g/mol. The predicted octanol–water partition coefficient (Wildman–Crippen LogP) is 6.39. The first kappa shape index (κ1) is 29.3. The minimum Gasteiger partial charge on any atom is -0.469 e. The van der Waals surface area contributed by atoms with Crippen molar-refractivity contribution in [1.29, 1.82) is 0 Å². The number of aliphatic hydroxyl groups is 1. The minimum absolute atomic E-state index is 0.0128. The average molecular weight is 571 g/mol. The summed E-state index contributed by atoms with van der Waals surface area (Å²) in [4.78, 5) is 42.1. The Balaban J connectivity index is 1.91. The number of esters is 2. The molecule has 0 radical (unpaired) electrons. The zero-order valence-electron chi connectivity index (χ0n) is 25.3. The summed E-state index contributed by atoms with van der Waals surface area (Å²) in [7, 11) is 2.76. The molecular formula is C33H38N4O5. The first-order valence-electron chi connectivity index (χ1n) is 14.3. The molecule has 0 saturated heterocycles. The Hall–Kier alpha value is -4.24. The van der Waals surface area contributed by atoms with Crippen LogP contribution in [-0.4, -0.2) is 51.2 Å². The van der Waals surface area contributed by atoms with Gasteiger partial charge in [0.05, 0.1) is 43.3 Å². The van der Waals surface area contributed by atoms with Crippen LogP contribution in [0, 0.1) is 13.8 Å². The number of rotatable bonds is 6. The molecule has 2 atom stereocenters. The lowest BCUT2D eigenvalue weighted by atomic mass is 9.87. The van der Waals surface area contributed by atoms with Crippen LogP contribution in [-0.2, 0) is 20.9 Å². The van der Waals surface area contributed by atoms with Crippen molar-refractivity contribution in [2.45, 2.75) is 72.3 Å². The number of aryl methyl sites for hydroxylation is 2. The Morgan fingerprint density at radius 3 is 2.21 bits per heavy atom. The van der Waals surface area contributed by atoms with Crippen molar-refractivity contribution in [3.63, 3.8) is 0 Å². The maximum atomic E-state index is 13.0. The number of methoxy groups -OCH3 is 2. The standard InChI is InChI=1S/C33H38N4O5/c1-8-20-16(2)25-12-29-22(15-38)18(4)24(36-29)11-23-17(3)21(9-10-31(39)41-6)28(35-23)14-30-32(33(40)42-7)19(5)26(37-30)13-27(20)34-25/h11-14,17,21,36-38H,8-10,15H2,1-7H3/t17-,21-/m0/s1. The molecule has 3 N–H and O–H groups in total. The number of carbonyl (C=O) groups is 2. The van der Waals surface area contributed by atoms with Gasteiger partial charge in [-0.05, 0) is 80.2 Å². The lowest BCUT2D eigenvalue weighted by Crippen LogP contribution is -2.07. The first-order chi connectivity index (χ1) is 20.1. The smallest absolute Gasteiger partial charge is 0.340 e. The van der Waals surface area contributed by atoms with Crippen LogP contribution in [0.1, 0.15) is 102 Å². The molecule has 0 unspecified atom stereocenters. The van der Waals surface area contributed by atoms with Crippen molar-refractivity contribution < 1.29 is 24.2 Å². The van der Waals surface area contributed by atoms with Crippen LogP contribution in [0.5, 0.6) is 0 Å². The van der Waals surface area contributed by atoms with E-state index in [1.54, 1.807) is 0 Å². The van der Waals surface area contributed by atoms with E-state index < -0.39 is 5.97 Å². The van der Waals surface area contributed by atoms with Gasteiger partial charge in [0.1, 0.15) is 0 Å². The van der Waals surface area contributed by atoms with Crippen LogP contribution in [0.4, 0.5) is 0 Å². The highest BCUT2D eigenvalue weighted by molar-refractivity contribution is 6.02. The number of nitrogens with zero attached hydrogens (tertiary/aromatic N) is 2. The van der Waals surface area contributed by atoms with E-state index in [1.165, 1.54) is 14.2 Å². The van der Waals surface area contributed by atoms with Crippen molar-refractivity contribution in [1.82, 2.24) is 19.9 Å². The minimum atomic E-state index is -0.441. The summed E-state index contributed by atoms with van der Waals surface area (Å²) in [6, 6.07) is 7.89. The van der Waals surface area contributed by atoms with E-state index in [2.05, 4.69) is 30.7 Å². The number of fused-ring (bicyclic) bond motifs is 8. The number of aromatic nitrogens is 4. The van der Waals surface area contributed by atoms with Crippen molar-refractivity contribution >= 4 is 45.2 Å². The molecule has 3 aromatic heterocycles. The van der Waals surface area contributed by atoms with Gasteiger partial charge in [-0.25, -0.2) is 9.78 Å². The fraction of sp³-hybridized carbons (Fsp3) is 0.394. The Morgan fingerprint density at radius 2 is 1.55 bits per heavy atom. The van der Waals surface area contributed by atoms with Gasteiger partial charge in [0.2, 0.25) is 0 Å². The zero-order chi connectivity index (χ0) is 30.3. The van der Waals surface area contributed by atoms with Crippen molar-refractivity contribution in [2.75, 3.05) is 14.2 Å². The molecule has 0 amide bonds. The van der Waals surface area contributed by atoms with E-state index in [9.17, 15) is 14.7 Å². The van der Waals surface area contributed by atoms with Gasteiger partial charge < -0.3 is 24.5 Å². The molecule has 9 nitrogen and oxygen atoms in total. The molecule has 8 bridgehead atoms. The van der Waals surface area contributed by atoms with Crippen LogP contribution in [0.2, 0.25) is 0 Å². The molecule has 0 saturated carbocycles. The molecule has 42 heavy (non-hydrogen) atoms. The Labute approximate surface area is 245 Å².